The standard InChI is InChI=1S/C28H19F2NO4/c29-21-5-1-18(2-6-21)26-15-19(13-20-14-25(35-27(20)26)16-31-28(32)33)17-3-9-23(10-4-17)34-24-11-7-22(30)8-12-24/h1-15,31H,16H2,(H,32,33). The highest BCUT2D eigenvalue weighted by Gasteiger charge is 2.14. The highest BCUT2D eigenvalue weighted by atomic mass is 19.1. The summed E-state index contributed by atoms with van der Waals surface area (Å²) in [7, 11) is 0. The van der Waals surface area contributed by atoms with Gasteiger partial charge in [0.15, 0.2) is 0 Å². The van der Waals surface area contributed by atoms with Crippen LogP contribution in [0.4, 0.5) is 13.6 Å². The number of halogens is 2. The van der Waals surface area contributed by atoms with Crippen LogP contribution >= 0.6 is 0 Å². The van der Waals surface area contributed by atoms with E-state index >= 15 is 0 Å². The van der Waals surface area contributed by atoms with Crippen LogP contribution < -0.4 is 10.1 Å². The molecule has 0 atom stereocenters. The van der Waals surface area contributed by atoms with Crippen LogP contribution in [0.2, 0.25) is 0 Å². The second-order valence-corrected chi connectivity index (χ2v) is 7.90. The molecule has 1 aromatic heterocycles. The maximum absolute atomic E-state index is 13.5. The summed E-state index contributed by atoms with van der Waals surface area (Å²) in [5, 5.41) is 12.0. The molecule has 0 aliphatic heterocycles. The fourth-order valence-electron chi connectivity index (χ4n) is 3.82. The number of hydrogen-bond acceptors (Lipinski definition) is 3. The van der Waals surface area contributed by atoms with Crippen LogP contribution in [0.3, 0.4) is 0 Å². The quantitative estimate of drug-likeness (QED) is 0.267. The largest absolute Gasteiger partial charge is 0.465 e. The fourth-order valence-corrected chi connectivity index (χ4v) is 3.82. The van der Waals surface area contributed by atoms with E-state index in [-0.39, 0.29) is 18.2 Å². The maximum atomic E-state index is 13.5. The van der Waals surface area contributed by atoms with E-state index in [0.717, 1.165) is 27.6 Å². The molecule has 5 rings (SSSR count). The van der Waals surface area contributed by atoms with E-state index in [0.29, 0.717) is 22.8 Å². The van der Waals surface area contributed by atoms with Crippen LogP contribution in [-0.2, 0) is 6.54 Å². The van der Waals surface area contributed by atoms with Crippen molar-refractivity contribution in [2.75, 3.05) is 0 Å². The van der Waals surface area contributed by atoms with Gasteiger partial charge in [0, 0.05) is 10.9 Å². The van der Waals surface area contributed by atoms with Gasteiger partial charge in [-0.2, -0.15) is 0 Å². The minimum absolute atomic E-state index is 0.0254. The number of furan rings is 1. The highest BCUT2D eigenvalue weighted by molar-refractivity contribution is 5.97. The topological polar surface area (TPSA) is 71.7 Å². The Balaban J connectivity index is 1.52. The van der Waals surface area contributed by atoms with Crippen molar-refractivity contribution < 1.29 is 27.8 Å². The number of carboxylic acid groups (broad SMARTS) is 1. The number of fused-ring (bicyclic) bond motifs is 1. The number of nitrogens with one attached hydrogen (secondary N) is 1. The summed E-state index contributed by atoms with van der Waals surface area (Å²) in [5.74, 6) is 0.918. The summed E-state index contributed by atoms with van der Waals surface area (Å²) >= 11 is 0. The molecule has 35 heavy (non-hydrogen) atoms. The molecule has 4 aromatic carbocycles. The Bertz CT molecular complexity index is 1490. The van der Waals surface area contributed by atoms with E-state index in [1.54, 1.807) is 30.3 Å². The van der Waals surface area contributed by atoms with Crippen molar-refractivity contribution in [2.45, 2.75) is 6.54 Å². The third-order valence-corrected chi connectivity index (χ3v) is 5.47. The Morgan fingerprint density at radius 1 is 0.771 bits per heavy atom. The molecule has 0 saturated carbocycles. The molecule has 0 bridgehead atoms. The van der Waals surface area contributed by atoms with E-state index in [9.17, 15) is 13.6 Å². The first-order valence-electron chi connectivity index (χ1n) is 10.8. The Hall–Kier alpha value is -4.65. The van der Waals surface area contributed by atoms with Gasteiger partial charge in [0.25, 0.3) is 0 Å². The van der Waals surface area contributed by atoms with Gasteiger partial charge in [-0.15, -0.1) is 0 Å². The first-order valence-corrected chi connectivity index (χ1v) is 10.8. The van der Waals surface area contributed by atoms with E-state index in [1.807, 2.05) is 36.4 Å². The van der Waals surface area contributed by atoms with Crippen molar-refractivity contribution >= 4 is 17.1 Å². The smallest absolute Gasteiger partial charge is 0.405 e. The van der Waals surface area contributed by atoms with Gasteiger partial charge < -0.3 is 19.6 Å². The van der Waals surface area contributed by atoms with Crippen molar-refractivity contribution in [1.82, 2.24) is 5.32 Å². The summed E-state index contributed by atoms with van der Waals surface area (Å²) in [6, 6.07) is 25.0. The van der Waals surface area contributed by atoms with E-state index in [1.165, 1.54) is 24.3 Å². The number of carbonyl (C=O) groups is 1. The zero-order chi connectivity index (χ0) is 24.4. The van der Waals surface area contributed by atoms with Gasteiger partial charge in [-0.1, -0.05) is 24.3 Å². The Labute approximate surface area is 199 Å². The molecule has 0 radical (unpaired) electrons. The Morgan fingerprint density at radius 2 is 1.34 bits per heavy atom. The molecule has 1 amide bonds. The number of rotatable bonds is 6. The van der Waals surface area contributed by atoms with Crippen LogP contribution in [0.5, 0.6) is 11.5 Å². The first-order chi connectivity index (χ1) is 16.9. The zero-order valence-corrected chi connectivity index (χ0v) is 18.3. The molecule has 1 heterocycles. The van der Waals surface area contributed by atoms with Gasteiger partial charge in [0.1, 0.15) is 34.5 Å². The SMILES string of the molecule is O=C(O)NCc1cc2cc(-c3ccc(Oc4ccc(F)cc4)cc3)cc(-c3ccc(F)cc3)c2o1. The van der Waals surface area contributed by atoms with Crippen molar-refractivity contribution in [1.29, 1.82) is 0 Å². The van der Waals surface area contributed by atoms with Gasteiger partial charge in [-0.3, -0.25) is 0 Å². The van der Waals surface area contributed by atoms with Crippen LogP contribution in [0.15, 0.2) is 95.4 Å². The van der Waals surface area contributed by atoms with Crippen LogP contribution in [0, 0.1) is 11.6 Å². The number of benzene rings is 4. The molecule has 2 N–H and O–H groups in total. The molecule has 0 unspecified atom stereocenters. The lowest BCUT2D eigenvalue weighted by molar-refractivity contribution is 0.193. The third-order valence-electron chi connectivity index (χ3n) is 5.47. The summed E-state index contributed by atoms with van der Waals surface area (Å²) < 4.78 is 38.4. The average molecular weight is 471 g/mol. The monoisotopic (exact) mass is 471 g/mol. The average Bonchev–Trinajstić information content (AvgIpc) is 3.28. The normalized spacial score (nSPS) is 10.9. The lowest BCUT2D eigenvalue weighted by atomic mass is 9.96. The van der Waals surface area contributed by atoms with Gasteiger partial charge >= 0.3 is 6.09 Å². The number of ether oxygens (including phenoxy) is 1. The molecule has 5 aromatic rings. The van der Waals surface area contributed by atoms with E-state index in [2.05, 4.69) is 5.32 Å². The van der Waals surface area contributed by atoms with Crippen LogP contribution in [0.1, 0.15) is 5.76 Å². The second-order valence-electron chi connectivity index (χ2n) is 7.90. The maximum Gasteiger partial charge on any atom is 0.405 e. The van der Waals surface area contributed by atoms with E-state index in [4.69, 9.17) is 14.3 Å². The second kappa shape index (κ2) is 9.30. The molecular weight excluding hydrogens is 452 g/mol. The van der Waals surface area contributed by atoms with Crippen LogP contribution in [-0.4, -0.2) is 11.2 Å². The molecule has 0 spiro atoms. The molecule has 7 heteroatoms. The number of hydrogen-bond donors (Lipinski definition) is 2. The molecule has 0 aliphatic rings. The molecule has 0 aliphatic carbocycles. The minimum Gasteiger partial charge on any atom is -0.465 e. The van der Waals surface area contributed by atoms with Crippen molar-refractivity contribution in [3.05, 3.63) is 108 Å². The van der Waals surface area contributed by atoms with Crippen molar-refractivity contribution in [2.24, 2.45) is 0 Å². The zero-order valence-electron chi connectivity index (χ0n) is 18.3. The summed E-state index contributed by atoms with van der Waals surface area (Å²) in [6.07, 6.45) is -1.15. The van der Waals surface area contributed by atoms with Crippen LogP contribution in [0.25, 0.3) is 33.2 Å². The van der Waals surface area contributed by atoms with Crippen molar-refractivity contribution in [3.63, 3.8) is 0 Å². The van der Waals surface area contributed by atoms with Crippen molar-refractivity contribution in [3.8, 4) is 33.8 Å². The minimum atomic E-state index is -1.15. The summed E-state index contributed by atoms with van der Waals surface area (Å²) in [6.45, 7) is 0.0254. The molecule has 0 saturated heterocycles. The molecule has 5 nitrogen and oxygen atoms in total. The van der Waals surface area contributed by atoms with Gasteiger partial charge in [0.2, 0.25) is 0 Å². The van der Waals surface area contributed by atoms with Gasteiger partial charge in [0.05, 0.1) is 6.54 Å². The lowest BCUT2D eigenvalue weighted by Gasteiger charge is -2.10. The fraction of sp³-hybridized carbons (Fsp3) is 0.0357. The molecule has 174 valence electrons. The van der Waals surface area contributed by atoms with Gasteiger partial charge in [-0.05, 0) is 83.4 Å². The predicted molar refractivity (Wildman–Crippen MR) is 128 cm³/mol. The molecule has 0 fully saturated rings. The lowest BCUT2D eigenvalue weighted by Crippen LogP contribution is -2.19. The predicted octanol–water partition coefficient (Wildman–Crippen LogP) is 7.60. The van der Waals surface area contributed by atoms with E-state index < -0.39 is 6.09 Å². The summed E-state index contributed by atoms with van der Waals surface area (Å²) in [4.78, 5) is 10.9. The third kappa shape index (κ3) is 4.99. The Morgan fingerprint density at radius 3 is 1.97 bits per heavy atom. The van der Waals surface area contributed by atoms with Gasteiger partial charge in [-0.25, -0.2) is 13.6 Å². The Kier molecular flexibility index (Phi) is 5.89. The first kappa shape index (κ1) is 22.2. The molecular formula is C28H19F2NO4. The highest BCUT2D eigenvalue weighted by Crippen LogP contribution is 2.36. The number of amides is 1. The summed E-state index contributed by atoms with van der Waals surface area (Å²) in [5.41, 5.74) is 3.91.